The van der Waals surface area contributed by atoms with E-state index in [4.69, 9.17) is 4.42 Å². The van der Waals surface area contributed by atoms with Gasteiger partial charge in [-0.1, -0.05) is 0 Å². The van der Waals surface area contributed by atoms with E-state index in [9.17, 15) is 9.50 Å². The van der Waals surface area contributed by atoms with E-state index in [-0.39, 0.29) is 11.6 Å². The molecule has 0 radical (unpaired) electrons. The molecule has 2 N–H and O–H groups in total. The number of phenols is 1. The predicted octanol–water partition coefficient (Wildman–Crippen LogP) is 3.59. The Kier molecular flexibility index (Phi) is 3.02. The van der Waals surface area contributed by atoms with Gasteiger partial charge in [-0.25, -0.2) is 9.37 Å². The van der Waals surface area contributed by atoms with Crippen molar-refractivity contribution < 1.29 is 13.9 Å². The van der Waals surface area contributed by atoms with Crippen LogP contribution in [-0.4, -0.2) is 10.1 Å². The summed E-state index contributed by atoms with van der Waals surface area (Å²) in [4.78, 5) is 4.24. The molecule has 3 aromatic rings. The molecular weight excluding hydrogens is 259 g/mol. The molecule has 20 heavy (non-hydrogen) atoms. The first-order chi connectivity index (χ1) is 9.61. The summed E-state index contributed by atoms with van der Waals surface area (Å²) in [7, 11) is 0. The Morgan fingerprint density at radius 1 is 1.25 bits per heavy atom. The number of hydrogen-bond donors (Lipinski definition) is 2. The van der Waals surface area contributed by atoms with Crippen molar-refractivity contribution in [2.75, 3.05) is 5.32 Å². The molecule has 0 aliphatic heterocycles. The Morgan fingerprint density at radius 2 is 2.10 bits per heavy atom. The van der Waals surface area contributed by atoms with Crippen LogP contribution in [0.4, 0.5) is 10.1 Å². The molecule has 1 heterocycles. The molecule has 0 atom stereocenters. The van der Waals surface area contributed by atoms with E-state index in [1.54, 1.807) is 6.92 Å². The first-order valence-corrected chi connectivity index (χ1v) is 6.20. The highest BCUT2D eigenvalue weighted by Crippen LogP contribution is 2.22. The molecule has 5 heteroatoms. The zero-order valence-electron chi connectivity index (χ0n) is 10.9. The number of nitrogens with one attached hydrogen (secondary N) is 1. The maximum Gasteiger partial charge on any atom is 0.192 e. The lowest BCUT2D eigenvalue weighted by atomic mass is 10.2. The number of nitrogens with zero attached hydrogens (tertiary/aromatic N) is 1. The number of oxazole rings is 1. The second-order valence-corrected chi connectivity index (χ2v) is 4.54. The number of fused-ring (bicyclic) bond motifs is 1. The van der Waals surface area contributed by atoms with E-state index < -0.39 is 0 Å². The van der Waals surface area contributed by atoms with Gasteiger partial charge in [0.15, 0.2) is 11.5 Å². The summed E-state index contributed by atoms with van der Waals surface area (Å²) in [6.45, 7) is 2.11. The van der Waals surface area contributed by atoms with Gasteiger partial charge in [-0.3, -0.25) is 0 Å². The average molecular weight is 272 g/mol. The molecular formula is C15H13FN2O2. The van der Waals surface area contributed by atoms with E-state index in [1.165, 1.54) is 18.2 Å². The van der Waals surface area contributed by atoms with Crippen molar-refractivity contribution in [2.45, 2.75) is 13.5 Å². The number of hydrogen-bond acceptors (Lipinski definition) is 4. The number of aromatic hydroxyl groups is 1. The summed E-state index contributed by atoms with van der Waals surface area (Å²) in [5, 5.41) is 12.8. The monoisotopic (exact) mass is 272 g/mol. The molecule has 0 amide bonds. The SMILES string of the molecule is Cc1nc2cc(NCc3cc(F)ccc3O)ccc2o1. The van der Waals surface area contributed by atoms with Crippen LogP contribution in [-0.2, 0) is 6.54 Å². The summed E-state index contributed by atoms with van der Waals surface area (Å²) >= 11 is 0. The number of aryl methyl sites for hydroxylation is 1. The molecule has 3 rings (SSSR count). The third kappa shape index (κ3) is 2.42. The Morgan fingerprint density at radius 3 is 2.95 bits per heavy atom. The standard InChI is InChI=1S/C15H13FN2O2/c1-9-18-13-7-12(3-5-15(13)20-9)17-8-10-6-11(16)2-4-14(10)19/h2-7,17,19H,8H2,1H3. The summed E-state index contributed by atoms with van der Waals surface area (Å²) in [6.07, 6.45) is 0. The summed E-state index contributed by atoms with van der Waals surface area (Å²) in [6, 6.07) is 9.40. The van der Waals surface area contributed by atoms with Gasteiger partial charge in [0.25, 0.3) is 0 Å². The van der Waals surface area contributed by atoms with Crippen LogP contribution in [0.3, 0.4) is 0 Å². The van der Waals surface area contributed by atoms with Crippen LogP contribution in [0.25, 0.3) is 11.1 Å². The number of rotatable bonds is 3. The van der Waals surface area contributed by atoms with Crippen molar-refractivity contribution in [3.8, 4) is 5.75 Å². The van der Waals surface area contributed by atoms with Crippen LogP contribution in [0.15, 0.2) is 40.8 Å². The minimum Gasteiger partial charge on any atom is -0.508 e. The van der Waals surface area contributed by atoms with Crippen molar-refractivity contribution in [3.05, 3.63) is 53.7 Å². The normalized spacial score (nSPS) is 10.9. The fraction of sp³-hybridized carbons (Fsp3) is 0.133. The number of benzene rings is 2. The first-order valence-electron chi connectivity index (χ1n) is 6.20. The van der Waals surface area contributed by atoms with Crippen molar-refractivity contribution in [1.29, 1.82) is 0 Å². The molecule has 0 bridgehead atoms. The topological polar surface area (TPSA) is 58.3 Å². The fourth-order valence-electron chi connectivity index (χ4n) is 2.05. The molecule has 102 valence electrons. The van der Waals surface area contributed by atoms with Crippen LogP contribution in [0.2, 0.25) is 0 Å². The fourth-order valence-corrected chi connectivity index (χ4v) is 2.05. The van der Waals surface area contributed by atoms with Crippen molar-refractivity contribution >= 4 is 16.8 Å². The van der Waals surface area contributed by atoms with E-state index in [2.05, 4.69) is 10.3 Å². The van der Waals surface area contributed by atoms with Crippen LogP contribution in [0.5, 0.6) is 5.75 Å². The van der Waals surface area contributed by atoms with Gasteiger partial charge < -0.3 is 14.8 Å². The Hall–Kier alpha value is -2.56. The molecule has 0 fully saturated rings. The van der Waals surface area contributed by atoms with E-state index in [1.807, 2.05) is 18.2 Å². The zero-order valence-corrected chi connectivity index (χ0v) is 10.9. The van der Waals surface area contributed by atoms with Crippen LogP contribution >= 0.6 is 0 Å². The van der Waals surface area contributed by atoms with Gasteiger partial charge in [0.2, 0.25) is 0 Å². The number of anilines is 1. The van der Waals surface area contributed by atoms with Crippen LogP contribution < -0.4 is 5.32 Å². The van der Waals surface area contributed by atoms with Gasteiger partial charge in [0, 0.05) is 24.7 Å². The molecule has 0 spiro atoms. The van der Waals surface area contributed by atoms with Gasteiger partial charge >= 0.3 is 0 Å². The van der Waals surface area contributed by atoms with Crippen LogP contribution in [0.1, 0.15) is 11.5 Å². The van der Waals surface area contributed by atoms with Crippen molar-refractivity contribution in [3.63, 3.8) is 0 Å². The minimum atomic E-state index is -0.373. The maximum atomic E-state index is 13.1. The summed E-state index contributed by atoms with van der Waals surface area (Å²) < 4.78 is 18.5. The van der Waals surface area contributed by atoms with Crippen molar-refractivity contribution in [2.24, 2.45) is 0 Å². The molecule has 0 saturated heterocycles. The molecule has 0 aliphatic rings. The van der Waals surface area contributed by atoms with Gasteiger partial charge in [0.1, 0.15) is 17.1 Å². The highest BCUT2D eigenvalue weighted by atomic mass is 19.1. The third-order valence-corrected chi connectivity index (χ3v) is 3.02. The number of halogens is 1. The van der Waals surface area contributed by atoms with Gasteiger partial charge in [-0.2, -0.15) is 0 Å². The zero-order chi connectivity index (χ0) is 14.1. The van der Waals surface area contributed by atoms with E-state index in [0.717, 1.165) is 16.8 Å². The molecule has 0 unspecified atom stereocenters. The molecule has 4 nitrogen and oxygen atoms in total. The van der Waals surface area contributed by atoms with Gasteiger partial charge in [0.05, 0.1) is 0 Å². The molecule has 1 aromatic heterocycles. The number of aromatic nitrogens is 1. The highest BCUT2D eigenvalue weighted by Gasteiger charge is 2.05. The lowest BCUT2D eigenvalue weighted by molar-refractivity contribution is 0.466. The Balaban J connectivity index is 1.80. The second kappa shape index (κ2) is 4.85. The second-order valence-electron chi connectivity index (χ2n) is 4.54. The molecule has 0 saturated carbocycles. The number of phenolic OH excluding ortho intramolecular Hbond substituents is 1. The maximum absolute atomic E-state index is 13.1. The lowest BCUT2D eigenvalue weighted by Crippen LogP contribution is -2.00. The van der Waals surface area contributed by atoms with E-state index >= 15 is 0 Å². The highest BCUT2D eigenvalue weighted by molar-refractivity contribution is 5.77. The Labute approximate surface area is 114 Å². The third-order valence-electron chi connectivity index (χ3n) is 3.02. The average Bonchev–Trinajstić information content (AvgIpc) is 2.79. The lowest BCUT2D eigenvalue weighted by Gasteiger charge is -2.08. The minimum absolute atomic E-state index is 0.0669. The quantitative estimate of drug-likeness (QED) is 0.765. The first kappa shape index (κ1) is 12.5. The van der Waals surface area contributed by atoms with Gasteiger partial charge in [-0.15, -0.1) is 0 Å². The molecule has 0 aliphatic carbocycles. The summed E-state index contributed by atoms with van der Waals surface area (Å²) in [5.41, 5.74) is 2.81. The predicted molar refractivity (Wildman–Crippen MR) is 74.1 cm³/mol. The smallest absolute Gasteiger partial charge is 0.192 e. The van der Waals surface area contributed by atoms with Gasteiger partial charge in [-0.05, 0) is 36.4 Å². The summed E-state index contributed by atoms with van der Waals surface area (Å²) in [5.74, 6) is 0.305. The van der Waals surface area contributed by atoms with Crippen LogP contribution in [0, 0.1) is 12.7 Å². The Bertz CT molecular complexity index is 768. The largest absolute Gasteiger partial charge is 0.508 e. The van der Waals surface area contributed by atoms with Crippen molar-refractivity contribution in [1.82, 2.24) is 4.98 Å². The molecule has 2 aromatic carbocycles. The van der Waals surface area contributed by atoms with E-state index in [0.29, 0.717) is 18.0 Å².